The number of carbonyl (C=O) groups is 3. The molecule has 0 fully saturated rings. The van der Waals surface area contributed by atoms with Crippen LogP contribution in [0.2, 0.25) is 0 Å². The molecule has 0 radical (unpaired) electrons. The first-order valence-electron chi connectivity index (χ1n) is 11.1. The number of Topliss-reactive ketones (excluding diaryl/α,β-unsaturated/α-hetero) is 2. The molecule has 3 aliphatic rings. The van der Waals surface area contributed by atoms with Crippen molar-refractivity contribution >= 4 is 17.5 Å². The maximum Gasteiger partial charge on any atom is 0.163 e. The molecule has 33 heavy (non-hydrogen) atoms. The number of aliphatic carboxylic acids is 1. The van der Waals surface area contributed by atoms with Crippen LogP contribution in [0.5, 0.6) is 11.5 Å². The van der Waals surface area contributed by atoms with Crippen LogP contribution < -0.4 is 14.6 Å². The number of ketones is 2. The fraction of sp³-hybridized carbons (Fsp3) is 0.500. The van der Waals surface area contributed by atoms with Gasteiger partial charge in [-0.1, -0.05) is 33.8 Å². The molecule has 0 spiro atoms. The zero-order valence-corrected chi connectivity index (χ0v) is 19.7. The molecule has 7 heteroatoms. The fourth-order valence-corrected chi connectivity index (χ4v) is 5.13. The molecule has 0 saturated heterocycles. The van der Waals surface area contributed by atoms with Crippen molar-refractivity contribution in [1.29, 1.82) is 0 Å². The van der Waals surface area contributed by atoms with Crippen molar-refractivity contribution in [1.82, 2.24) is 0 Å². The molecule has 0 saturated carbocycles. The molecule has 0 bridgehead atoms. The molecule has 1 aromatic rings. The number of hydrogen-bond donors (Lipinski definition) is 0. The van der Waals surface area contributed by atoms with Crippen molar-refractivity contribution in [2.24, 2.45) is 10.8 Å². The Bertz CT molecular complexity index is 1050. The van der Waals surface area contributed by atoms with Crippen LogP contribution in [-0.4, -0.2) is 31.3 Å². The van der Waals surface area contributed by atoms with Crippen molar-refractivity contribution in [2.45, 2.75) is 59.3 Å². The number of carbonyl (C=O) groups excluding carboxylic acids is 3. The zero-order valence-electron chi connectivity index (χ0n) is 19.7. The Labute approximate surface area is 193 Å². The lowest BCUT2D eigenvalue weighted by Gasteiger charge is -2.42. The monoisotopic (exact) mass is 453 g/mol. The minimum Gasteiger partial charge on any atom is -0.546 e. The van der Waals surface area contributed by atoms with E-state index in [0.29, 0.717) is 59.7 Å². The van der Waals surface area contributed by atoms with Gasteiger partial charge in [-0.15, -0.1) is 0 Å². The Kier molecular flexibility index (Phi) is 5.63. The minimum absolute atomic E-state index is 0.0216. The third-order valence-corrected chi connectivity index (χ3v) is 6.45. The van der Waals surface area contributed by atoms with Gasteiger partial charge < -0.3 is 24.1 Å². The lowest BCUT2D eigenvalue weighted by molar-refractivity contribution is -0.307. The molecule has 0 atom stereocenters. The van der Waals surface area contributed by atoms with Gasteiger partial charge in [0.05, 0.1) is 13.1 Å². The molecule has 0 aromatic heterocycles. The zero-order chi connectivity index (χ0) is 24.1. The number of carboxylic acid groups (broad SMARTS) is 1. The van der Waals surface area contributed by atoms with Gasteiger partial charge in [0.1, 0.15) is 18.1 Å². The van der Waals surface area contributed by atoms with E-state index in [1.165, 1.54) is 7.11 Å². The highest BCUT2D eigenvalue weighted by molar-refractivity contribution is 6.06. The fourth-order valence-electron chi connectivity index (χ4n) is 5.13. The molecule has 1 aromatic carbocycles. The first-order valence-corrected chi connectivity index (χ1v) is 11.1. The Hall–Kier alpha value is -3.09. The van der Waals surface area contributed by atoms with E-state index in [1.807, 2.05) is 27.7 Å². The lowest BCUT2D eigenvalue weighted by Crippen LogP contribution is -2.37. The van der Waals surface area contributed by atoms with Crippen molar-refractivity contribution in [3.05, 3.63) is 46.4 Å². The van der Waals surface area contributed by atoms with Crippen molar-refractivity contribution in [2.75, 3.05) is 13.7 Å². The van der Waals surface area contributed by atoms with E-state index in [2.05, 4.69) is 0 Å². The van der Waals surface area contributed by atoms with Crippen LogP contribution >= 0.6 is 0 Å². The number of rotatable bonds is 5. The lowest BCUT2D eigenvalue weighted by atomic mass is 9.65. The molecule has 0 amide bonds. The van der Waals surface area contributed by atoms with E-state index in [4.69, 9.17) is 14.2 Å². The Morgan fingerprint density at radius 2 is 1.52 bits per heavy atom. The first kappa shape index (κ1) is 23.1. The van der Waals surface area contributed by atoms with Gasteiger partial charge in [0.15, 0.2) is 23.1 Å². The van der Waals surface area contributed by atoms with Crippen LogP contribution in [0.4, 0.5) is 0 Å². The summed E-state index contributed by atoms with van der Waals surface area (Å²) in [4.78, 5) is 37.5. The first-order chi connectivity index (χ1) is 15.4. The highest BCUT2D eigenvalue weighted by atomic mass is 16.5. The van der Waals surface area contributed by atoms with Crippen LogP contribution in [0, 0.1) is 10.8 Å². The van der Waals surface area contributed by atoms with Gasteiger partial charge in [0.25, 0.3) is 0 Å². The summed E-state index contributed by atoms with van der Waals surface area (Å²) < 4.78 is 17.0. The van der Waals surface area contributed by atoms with Crippen LogP contribution in [0.3, 0.4) is 0 Å². The molecule has 0 unspecified atom stereocenters. The van der Waals surface area contributed by atoms with E-state index in [-0.39, 0.29) is 28.1 Å². The number of ether oxygens (including phenoxy) is 3. The molecule has 7 nitrogen and oxygen atoms in total. The van der Waals surface area contributed by atoms with Gasteiger partial charge in [-0.3, -0.25) is 9.59 Å². The second kappa shape index (κ2) is 8.04. The molecule has 1 aliphatic heterocycles. The average Bonchev–Trinajstić information content (AvgIpc) is 2.68. The number of carboxylic acids is 1. The number of benzene rings is 1. The summed E-state index contributed by atoms with van der Waals surface area (Å²) in [5.41, 5.74) is 1.31. The van der Waals surface area contributed by atoms with Crippen molar-refractivity contribution in [3.8, 4) is 11.5 Å². The third-order valence-electron chi connectivity index (χ3n) is 6.45. The molecular formula is C26H29O7-. The van der Waals surface area contributed by atoms with Gasteiger partial charge in [-0.05, 0) is 28.5 Å². The van der Waals surface area contributed by atoms with E-state index in [0.717, 1.165) is 0 Å². The quantitative estimate of drug-likeness (QED) is 0.674. The molecular weight excluding hydrogens is 424 g/mol. The Morgan fingerprint density at radius 3 is 2.00 bits per heavy atom. The van der Waals surface area contributed by atoms with Crippen molar-refractivity contribution in [3.63, 3.8) is 0 Å². The summed E-state index contributed by atoms with van der Waals surface area (Å²) in [7, 11) is 1.45. The van der Waals surface area contributed by atoms with Gasteiger partial charge in [0, 0.05) is 42.7 Å². The SMILES string of the molecule is COc1cc(C2C3=C(CC(C)(C)CC3=O)OC3=C2C(=O)CC(C)(C)C3)ccc1OCC(=O)[O-]. The number of hydrogen-bond acceptors (Lipinski definition) is 7. The second-order valence-electron chi connectivity index (χ2n) is 10.7. The predicted octanol–water partition coefficient (Wildman–Crippen LogP) is 3.22. The van der Waals surface area contributed by atoms with Crippen LogP contribution in [-0.2, 0) is 19.1 Å². The summed E-state index contributed by atoms with van der Waals surface area (Å²) >= 11 is 0. The molecule has 4 rings (SSSR count). The normalized spacial score (nSPS) is 21.8. The smallest absolute Gasteiger partial charge is 0.163 e. The Balaban J connectivity index is 1.85. The average molecular weight is 454 g/mol. The molecule has 2 aliphatic carbocycles. The molecule has 0 N–H and O–H groups in total. The van der Waals surface area contributed by atoms with Gasteiger partial charge in [-0.25, -0.2) is 0 Å². The van der Waals surface area contributed by atoms with Crippen LogP contribution in [0.1, 0.15) is 64.9 Å². The largest absolute Gasteiger partial charge is 0.546 e. The standard InChI is InChI=1S/C26H30O7/c1-25(2)9-15(27)23-19(11-25)33-20-12-26(3,4)10-16(28)24(20)22(23)14-6-7-17(18(8-14)31-5)32-13-21(29)30/h6-8,22H,9-13H2,1-5H3,(H,29,30)/p-1. The topological polar surface area (TPSA) is 102 Å². The highest BCUT2D eigenvalue weighted by Crippen LogP contribution is 2.53. The summed E-state index contributed by atoms with van der Waals surface area (Å²) in [6.45, 7) is 7.55. The minimum atomic E-state index is -1.35. The van der Waals surface area contributed by atoms with Gasteiger partial charge in [-0.2, -0.15) is 0 Å². The second-order valence-corrected chi connectivity index (χ2v) is 10.7. The van der Waals surface area contributed by atoms with Crippen molar-refractivity contribution < 1.29 is 33.7 Å². The van der Waals surface area contributed by atoms with E-state index < -0.39 is 18.5 Å². The van der Waals surface area contributed by atoms with Gasteiger partial charge in [0.2, 0.25) is 0 Å². The highest BCUT2D eigenvalue weighted by Gasteiger charge is 2.47. The predicted molar refractivity (Wildman–Crippen MR) is 117 cm³/mol. The number of methoxy groups -OCH3 is 1. The maximum absolute atomic E-state index is 13.3. The molecule has 1 heterocycles. The summed E-state index contributed by atoms with van der Waals surface area (Å²) in [6.07, 6.45) is 1.97. The summed E-state index contributed by atoms with van der Waals surface area (Å²) in [6, 6.07) is 5.05. The number of allylic oxidation sites excluding steroid dienone is 4. The third kappa shape index (κ3) is 4.41. The summed E-state index contributed by atoms with van der Waals surface area (Å²) in [5.74, 6) is -0.104. The summed E-state index contributed by atoms with van der Waals surface area (Å²) in [5, 5.41) is 10.8. The Morgan fingerprint density at radius 1 is 0.970 bits per heavy atom. The van der Waals surface area contributed by atoms with E-state index >= 15 is 0 Å². The van der Waals surface area contributed by atoms with E-state index in [1.54, 1.807) is 18.2 Å². The van der Waals surface area contributed by atoms with Crippen LogP contribution in [0.15, 0.2) is 40.9 Å². The molecule has 176 valence electrons. The van der Waals surface area contributed by atoms with Crippen LogP contribution in [0.25, 0.3) is 0 Å². The van der Waals surface area contributed by atoms with Gasteiger partial charge >= 0.3 is 0 Å². The van der Waals surface area contributed by atoms with E-state index in [9.17, 15) is 19.5 Å². The maximum atomic E-state index is 13.3.